The van der Waals surface area contributed by atoms with Gasteiger partial charge in [0.25, 0.3) is 0 Å². The molecule has 0 radical (unpaired) electrons. The maximum Gasteiger partial charge on any atom is 0.242 e. The fourth-order valence-electron chi connectivity index (χ4n) is 1.14. The van der Waals surface area contributed by atoms with Crippen molar-refractivity contribution in [2.45, 2.75) is 19.4 Å². The topological polar surface area (TPSA) is 61.8 Å². The summed E-state index contributed by atoms with van der Waals surface area (Å²) in [5.41, 5.74) is -0.608. The zero-order chi connectivity index (χ0) is 11.9. The summed E-state index contributed by atoms with van der Waals surface area (Å²) in [5.74, 6) is -0.0314. The minimum Gasteiger partial charge on any atom is -0.395 e. The number of carbonyl (C=O) groups is 1. The van der Waals surface area contributed by atoms with Crippen molar-refractivity contribution in [1.29, 1.82) is 0 Å². The first kappa shape index (κ1) is 14.3. The Morgan fingerprint density at radius 2 is 2.07 bits per heavy atom. The molecule has 0 heterocycles. The lowest BCUT2D eigenvalue weighted by atomic mass is 10.0. The second-order valence-electron chi connectivity index (χ2n) is 3.88. The molecule has 0 aliphatic rings. The van der Waals surface area contributed by atoms with Gasteiger partial charge in [0.2, 0.25) is 5.91 Å². The molecule has 0 atom stereocenters. The van der Waals surface area contributed by atoms with Crippen molar-refractivity contribution in [3.63, 3.8) is 0 Å². The van der Waals surface area contributed by atoms with Crippen molar-refractivity contribution in [2.24, 2.45) is 0 Å². The summed E-state index contributed by atoms with van der Waals surface area (Å²) < 4.78 is 4.92. The van der Waals surface area contributed by atoms with Crippen LogP contribution in [-0.2, 0) is 9.53 Å². The minimum atomic E-state index is -0.608. The van der Waals surface area contributed by atoms with E-state index in [4.69, 9.17) is 9.84 Å². The number of hydrogen-bond acceptors (Lipinski definition) is 4. The van der Waals surface area contributed by atoms with Crippen LogP contribution in [0.25, 0.3) is 0 Å². The molecule has 5 heteroatoms. The zero-order valence-corrected chi connectivity index (χ0v) is 10.0. The first-order valence-electron chi connectivity index (χ1n) is 5.07. The van der Waals surface area contributed by atoms with Crippen LogP contribution in [0.5, 0.6) is 0 Å². The second-order valence-corrected chi connectivity index (χ2v) is 3.88. The van der Waals surface area contributed by atoms with Crippen molar-refractivity contribution in [3.8, 4) is 0 Å². The predicted molar refractivity (Wildman–Crippen MR) is 58.7 cm³/mol. The van der Waals surface area contributed by atoms with E-state index in [0.717, 1.165) is 0 Å². The molecule has 0 bridgehead atoms. The second kappa shape index (κ2) is 6.76. The first-order valence-corrected chi connectivity index (χ1v) is 5.07. The van der Waals surface area contributed by atoms with Gasteiger partial charge in [-0.3, -0.25) is 4.79 Å². The molecule has 2 N–H and O–H groups in total. The van der Waals surface area contributed by atoms with Gasteiger partial charge in [-0.15, -0.1) is 0 Å². The van der Waals surface area contributed by atoms with Gasteiger partial charge >= 0.3 is 0 Å². The summed E-state index contributed by atoms with van der Waals surface area (Å²) >= 11 is 0. The third kappa shape index (κ3) is 4.59. The molecule has 0 aromatic carbocycles. The monoisotopic (exact) mass is 218 g/mol. The average molecular weight is 218 g/mol. The first-order chi connectivity index (χ1) is 6.99. The lowest BCUT2D eigenvalue weighted by molar-refractivity contribution is -0.138. The molecule has 0 unspecified atom stereocenters. The summed E-state index contributed by atoms with van der Waals surface area (Å²) in [6.07, 6.45) is 0. The SMILES string of the molecule is CNC(C)(C)C(=O)N(CCO)CCOC. The number of aliphatic hydroxyl groups is 1. The van der Waals surface area contributed by atoms with Crippen molar-refractivity contribution in [1.82, 2.24) is 10.2 Å². The molecule has 90 valence electrons. The summed E-state index contributed by atoms with van der Waals surface area (Å²) in [5, 5.41) is 11.8. The fraction of sp³-hybridized carbons (Fsp3) is 0.900. The van der Waals surface area contributed by atoms with Crippen LogP contribution in [-0.4, -0.2) is 61.9 Å². The number of nitrogens with one attached hydrogen (secondary N) is 1. The van der Waals surface area contributed by atoms with Gasteiger partial charge in [0.15, 0.2) is 0 Å². The number of amides is 1. The maximum absolute atomic E-state index is 12.0. The van der Waals surface area contributed by atoms with E-state index >= 15 is 0 Å². The molecule has 15 heavy (non-hydrogen) atoms. The third-order valence-electron chi connectivity index (χ3n) is 2.38. The van der Waals surface area contributed by atoms with Crippen LogP contribution in [0.4, 0.5) is 0 Å². The Kier molecular flexibility index (Phi) is 6.47. The highest BCUT2D eigenvalue weighted by molar-refractivity contribution is 5.85. The van der Waals surface area contributed by atoms with E-state index in [1.807, 2.05) is 13.8 Å². The molecular weight excluding hydrogens is 196 g/mol. The molecule has 0 saturated heterocycles. The maximum atomic E-state index is 12.0. The van der Waals surface area contributed by atoms with Crippen molar-refractivity contribution in [2.75, 3.05) is 40.5 Å². The summed E-state index contributed by atoms with van der Waals surface area (Å²) in [7, 11) is 3.33. The smallest absolute Gasteiger partial charge is 0.242 e. The van der Waals surface area contributed by atoms with E-state index in [2.05, 4.69) is 5.32 Å². The van der Waals surface area contributed by atoms with Gasteiger partial charge in [-0.2, -0.15) is 0 Å². The molecule has 0 aromatic heterocycles. The number of carbonyl (C=O) groups excluding carboxylic acids is 1. The number of nitrogens with zero attached hydrogens (tertiary/aromatic N) is 1. The number of aliphatic hydroxyl groups excluding tert-OH is 1. The van der Waals surface area contributed by atoms with Gasteiger partial charge in [-0.1, -0.05) is 0 Å². The Labute approximate surface area is 91.4 Å². The average Bonchev–Trinajstić information content (AvgIpc) is 2.23. The van der Waals surface area contributed by atoms with E-state index in [1.165, 1.54) is 0 Å². The predicted octanol–water partition coefficient (Wildman–Crippen LogP) is -0.548. The molecule has 0 saturated carbocycles. The van der Waals surface area contributed by atoms with Crippen LogP contribution >= 0.6 is 0 Å². The van der Waals surface area contributed by atoms with Gasteiger partial charge in [0, 0.05) is 20.2 Å². The van der Waals surface area contributed by atoms with E-state index in [1.54, 1.807) is 19.1 Å². The molecule has 0 spiro atoms. The van der Waals surface area contributed by atoms with E-state index in [0.29, 0.717) is 19.7 Å². The molecule has 1 amide bonds. The van der Waals surface area contributed by atoms with Crippen LogP contribution in [0.1, 0.15) is 13.8 Å². The van der Waals surface area contributed by atoms with E-state index in [-0.39, 0.29) is 12.5 Å². The number of methoxy groups -OCH3 is 1. The van der Waals surface area contributed by atoms with Crippen molar-refractivity contribution in [3.05, 3.63) is 0 Å². The van der Waals surface area contributed by atoms with Crippen LogP contribution < -0.4 is 5.32 Å². The molecule has 0 rings (SSSR count). The summed E-state index contributed by atoms with van der Waals surface area (Å²) in [6, 6.07) is 0. The lowest BCUT2D eigenvalue weighted by Gasteiger charge is -2.31. The minimum absolute atomic E-state index is 0.0314. The number of ether oxygens (including phenoxy) is 1. The summed E-state index contributed by atoms with van der Waals surface area (Å²) in [4.78, 5) is 13.6. The lowest BCUT2D eigenvalue weighted by Crippen LogP contribution is -2.54. The number of hydrogen-bond donors (Lipinski definition) is 2. The van der Waals surface area contributed by atoms with Crippen LogP contribution in [0, 0.1) is 0 Å². The van der Waals surface area contributed by atoms with E-state index in [9.17, 15) is 4.79 Å². The van der Waals surface area contributed by atoms with Gasteiger partial charge in [-0.05, 0) is 20.9 Å². The van der Waals surface area contributed by atoms with Crippen molar-refractivity contribution < 1.29 is 14.6 Å². The van der Waals surface area contributed by atoms with Gasteiger partial charge in [-0.25, -0.2) is 0 Å². The van der Waals surface area contributed by atoms with Gasteiger partial charge in [0.05, 0.1) is 18.8 Å². The van der Waals surface area contributed by atoms with Crippen LogP contribution in [0.3, 0.4) is 0 Å². The quantitative estimate of drug-likeness (QED) is 0.602. The molecule has 0 fully saturated rings. The highest BCUT2D eigenvalue weighted by atomic mass is 16.5. The molecular formula is C10H22N2O3. The molecule has 0 aliphatic carbocycles. The van der Waals surface area contributed by atoms with E-state index < -0.39 is 5.54 Å². The third-order valence-corrected chi connectivity index (χ3v) is 2.38. The Hall–Kier alpha value is -0.650. The fourth-order valence-corrected chi connectivity index (χ4v) is 1.14. The Morgan fingerprint density at radius 3 is 2.47 bits per heavy atom. The Bertz CT molecular complexity index is 195. The van der Waals surface area contributed by atoms with Gasteiger partial charge < -0.3 is 20.1 Å². The normalized spacial score (nSPS) is 11.5. The van der Waals surface area contributed by atoms with Crippen LogP contribution in [0.15, 0.2) is 0 Å². The molecule has 0 aliphatic heterocycles. The largest absolute Gasteiger partial charge is 0.395 e. The highest BCUT2D eigenvalue weighted by Crippen LogP contribution is 2.06. The molecule has 5 nitrogen and oxygen atoms in total. The number of likely N-dealkylation sites (N-methyl/N-ethyl adjacent to an activating group) is 1. The summed E-state index contributed by atoms with van der Waals surface area (Å²) in [6.45, 7) is 4.91. The molecule has 0 aromatic rings. The Balaban J connectivity index is 4.40. The zero-order valence-electron chi connectivity index (χ0n) is 10.0. The number of rotatable bonds is 7. The van der Waals surface area contributed by atoms with Gasteiger partial charge in [0.1, 0.15) is 0 Å². The standard InChI is InChI=1S/C10H22N2O3/c1-10(2,11-3)9(14)12(5-7-13)6-8-15-4/h11,13H,5-8H2,1-4H3. The van der Waals surface area contributed by atoms with Crippen molar-refractivity contribution >= 4 is 5.91 Å². The Morgan fingerprint density at radius 1 is 1.47 bits per heavy atom. The highest BCUT2D eigenvalue weighted by Gasteiger charge is 2.29. The van der Waals surface area contributed by atoms with Crippen LogP contribution in [0.2, 0.25) is 0 Å².